The van der Waals surface area contributed by atoms with Crippen molar-refractivity contribution in [2.45, 2.75) is 52.6 Å². The molecule has 1 aromatic rings. The second kappa shape index (κ2) is 8.58. The Labute approximate surface area is 137 Å². The summed E-state index contributed by atoms with van der Waals surface area (Å²) in [5.74, 6) is 0. The SMILES string of the molecule is CCCCc1ccc(NC(=S)NNC(=O)OC(C)(C)C)cc1. The van der Waals surface area contributed by atoms with Gasteiger partial charge in [-0.1, -0.05) is 25.5 Å². The Morgan fingerprint density at radius 3 is 2.36 bits per heavy atom. The summed E-state index contributed by atoms with van der Waals surface area (Å²) in [6.45, 7) is 7.56. The van der Waals surface area contributed by atoms with Crippen LogP contribution in [0.4, 0.5) is 10.5 Å². The summed E-state index contributed by atoms with van der Waals surface area (Å²) in [6, 6.07) is 8.07. The zero-order chi connectivity index (χ0) is 16.6. The minimum Gasteiger partial charge on any atom is -0.443 e. The van der Waals surface area contributed by atoms with Crippen LogP contribution in [0.5, 0.6) is 0 Å². The second-order valence-electron chi connectivity index (χ2n) is 6.01. The van der Waals surface area contributed by atoms with Crippen molar-refractivity contribution in [3.8, 4) is 0 Å². The Morgan fingerprint density at radius 1 is 1.18 bits per heavy atom. The third kappa shape index (κ3) is 7.83. The number of hydrazine groups is 1. The average molecular weight is 323 g/mol. The Balaban J connectivity index is 2.37. The van der Waals surface area contributed by atoms with Gasteiger partial charge in [0.1, 0.15) is 5.60 Å². The molecule has 0 aliphatic rings. The van der Waals surface area contributed by atoms with Crippen molar-refractivity contribution < 1.29 is 9.53 Å². The van der Waals surface area contributed by atoms with E-state index in [-0.39, 0.29) is 0 Å². The summed E-state index contributed by atoms with van der Waals surface area (Å²) in [6.07, 6.45) is 2.88. The first-order valence-corrected chi connectivity index (χ1v) is 7.86. The molecule has 0 aromatic heterocycles. The highest BCUT2D eigenvalue weighted by Crippen LogP contribution is 2.11. The van der Waals surface area contributed by atoms with Crippen LogP contribution in [0.3, 0.4) is 0 Å². The van der Waals surface area contributed by atoms with Gasteiger partial charge in [-0.15, -0.1) is 0 Å². The Morgan fingerprint density at radius 2 is 1.82 bits per heavy atom. The van der Waals surface area contributed by atoms with Gasteiger partial charge in [-0.3, -0.25) is 5.43 Å². The van der Waals surface area contributed by atoms with E-state index in [1.54, 1.807) is 20.8 Å². The van der Waals surface area contributed by atoms with Crippen molar-refractivity contribution in [3.05, 3.63) is 29.8 Å². The molecular weight excluding hydrogens is 298 g/mol. The van der Waals surface area contributed by atoms with Crippen LogP contribution in [-0.4, -0.2) is 16.8 Å². The zero-order valence-electron chi connectivity index (χ0n) is 13.7. The van der Waals surface area contributed by atoms with Gasteiger partial charge in [0.15, 0.2) is 5.11 Å². The fourth-order valence-electron chi connectivity index (χ4n) is 1.71. The number of thiocarbonyl (C=S) groups is 1. The Bertz CT molecular complexity index is 495. The van der Waals surface area contributed by atoms with Crippen molar-refractivity contribution in [1.82, 2.24) is 10.9 Å². The smallest absolute Gasteiger partial charge is 0.426 e. The molecule has 0 radical (unpaired) electrons. The summed E-state index contributed by atoms with van der Waals surface area (Å²) in [4.78, 5) is 11.5. The van der Waals surface area contributed by atoms with Crippen molar-refractivity contribution in [2.24, 2.45) is 0 Å². The van der Waals surface area contributed by atoms with Gasteiger partial charge < -0.3 is 10.1 Å². The van der Waals surface area contributed by atoms with E-state index in [0.717, 1.165) is 12.1 Å². The van der Waals surface area contributed by atoms with Crippen molar-refractivity contribution >= 4 is 29.1 Å². The number of aryl methyl sites for hydroxylation is 1. The largest absolute Gasteiger partial charge is 0.443 e. The maximum Gasteiger partial charge on any atom is 0.426 e. The number of hydrogen-bond acceptors (Lipinski definition) is 3. The normalized spacial score (nSPS) is 10.7. The molecule has 0 bridgehead atoms. The van der Waals surface area contributed by atoms with Crippen LogP contribution >= 0.6 is 12.2 Å². The number of hydrogen-bond donors (Lipinski definition) is 3. The predicted molar refractivity (Wildman–Crippen MR) is 93.8 cm³/mol. The number of ether oxygens (including phenoxy) is 1. The molecule has 5 nitrogen and oxygen atoms in total. The highest BCUT2D eigenvalue weighted by Gasteiger charge is 2.15. The monoisotopic (exact) mass is 323 g/mol. The maximum absolute atomic E-state index is 11.5. The first-order chi connectivity index (χ1) is 10.3. The zero-order valence-corrected chi connectivity index (χ0v) is 14.5. The van der Waals surface area contributed by atoms with E-state index in [9.17, 15) is 4.79 Å². The molecule has 0 fully saturated rings. The van der Waals surface area contributed by atoms with Gasteiger partial charge in [0.2, 0.25) is 0 Å². The van der Waals surface area contributed by atoms with E-state index in [1.165, 1.54) is 18.4 Å². The Hall–Kier alpha value is -1.82. The number of benzene rings is 1. The molecule has 0 aliphatic heterocycles. The number of carbonyl (C=O) groups excluding carboxylic acids is 1. The fraction of sp³-hybridized carbons (Fsp3) is 0.500. The lowest BCUT2D eigenvalue weighted by Gasteiger charge is -2.20. The Kier molecular flexibility index (Phi) is 7.11. The average Bonchev–Trinajstić information content (AvgIpc) is 2.43. The maximum atomic E-state index is 11.5. The molecule has 0 aliphatic carbocycles. The first-order valence-electron chi connectivity index (χ1n) is 7.45. The molecule has 0 atom stereocenters. The molecule has 3 N–H and O–H groups in total. The molecule has 0 saturated heterocycles. The lowest BCUT2D eigenvalue weighted by molar-refractivity contribution is 0.0513. The minimum absolute atomic E-state index is 0.298. The summed E-state index contributed by atoms with van der Waals surface area (Å²) in [7, 11) is 0. The second-order valence-corrected chi connectivity index (χ2v) is 6.41. The van der Waals surface area contributed by atoms with Gasteiger partial charge in [0.25, 0.3) is 0 Å². The molecule has 22 heavy (non-hydrogen) atoms. The van der Waals surface area contributed by atoms with E-state index in [0.29, 0.717) is 5.11 Å². The predicted octanol–water partition coefficient (Wildman–Crippen LogP) is 3.76. The number of carbonyl (C=O) groups is 1. The van der Waals surface area contributed by atoms with Crippen molar-refractivity contribution in [3.63, 3.8) is 0 Å². The standard InChI is InChI=1S/C16H25N3O2S/c1-5-6-7-12-8-10-13(11-9-12)17-14(22)18-19-15(20)21-16(2,3)4/h8-11H,5-7H2,1-4H3,(H,19,20)(H2,17,18,22). The number of amides is 1. The lowest BCUT2D eigenvalue weighted by Crippen LogP contribution is -2.45. The topological polar surface area (TPSA) is 62.4 Å². The molecular formula is C16H25N3O2S. The number of anilines is 1. The van der Waals surface area contributed by atoms with E-state index < -0.39 is 11.7 Å². The molecule has 1 aromatic carbocycles. The van der Waals surface area contributed by atoms with Crippen LogP contribution in [0.15, 0.2) is 24.3 Å². The van der Waals surface area contributed by atoms with Gasteiger partial charge in [-0.25, -0.2) is 10.2 Å². The molecule has 0 heterocycles. The molecule has 1 rings (SSSR count). The first kappa shape index (κ1) is 18.2. The van der Waals surface area contributed by atoms with Crippen LogP contribution < -0.4 is 16.2 Å². The van der Waals surface area contributed by atoms with Crippen molar-refractivity contribution in [1.29, 1.82) is 0 Å². The van der Waals surface area contributed by atoms with Crippen LogP contribution in [0, 0.1) is 0 Å². The van der Waals surface area contributed by atoms with Crippen LogP contribution in [0.25, 0.3) is 0 Å². The number of rotatable bonds is 4. The molecule has 1 amide bonds. The minimum atomic E-state index is -0.577. The summed E-state index contributed by atoms with van der Waals surface area (Å²) in [5.41, 5.74) is 6.60. The highest BCUT2D eigenvalue weighted by molar-refractivity contribution is 7.80. The van der Waals surface area contributed by atoms with Crippen molar-refractivity contribution in [2.75, 3.05) is 5.32 Å². The molecule has 0 spiro atoms. The molecule has 122 valence electrons. The fourth-order valence-corrected chi connectivity index (χ4v) is 1.88. The van der Waals surface area contributed by atoms with E-state index >= 15 is 0 Å². The number of nitrogens with one attached hydrogen (secondary N) is 3. The van der Waals surface area contributed by atoms with Gasteiger partial charge >= 0.3 is 6.09 Å². The summed E-state index contributed by atoms with van der Waals surface area (Å²) < 4.78 is 5.09. The van der Waals surface area contributed by atoms with Crippen LogP contribution in [-0.2, 0) is 11.2 Å². The van der Waals surface area contributed by atoms with E-state index in [2.05, 4.69) is 35.2 Å². The molecule has 0 unspecified atom stereocenters. The van der Waals surface area contributed by atoms with Crippen LogP contribution in [0.1, 0.15) is 46.1 Å². The quantitative estimate of drug-likeness (QED) is 0.582. The van der Waals surface area contributed by atoms with Gasteiger partial charge in [-0.05, 0) is 63.5 Å². The van der Waals surface area contributed by atoms with Gasteiger partial charge in [0, 0.05) is 5.69 Å². The van der Waals surface area contributed by atoms with E-state index in [1.807, 2.05) is 12.1 Å². The number of unbranched alkanes of at least 4 members (excludes halogenated alkanes) is 1. The third-order valence-corrected chi connectivity index (χ3v) is 2.91. The molecule has 0 saturated carbocycles. The summed E-state index contributed by atoms with van der Waals surface area (Å²) in [5, 5.41) is 3.29. The summed E-state index contributed by atoms with van der Waals surface area (Å²) >= 11 is 5.11. The molecule has 6 heteroatoms. The van der Waals surface area contributed by atoms with Gasteiger partial charge in [0.05, 0.1) is 0 Å². The van der Waals surface area contributed by atoms with E-state index in [4.69, 9.17) is 17.0 Å². The van der Waals surface area contributed by atoms with Gasteiger partial charge in [-0.2, -0.15) is 0 Å². The third-order valence-electron chi connectivity index (χ3n) is 2.71. The highest BCUT2D eigenvalue weighted by atomic mass is 32.1. The van der Waals surface area contributed by atoms with Crippen LogP contribution in [0.2, 0.25) is 0 Å². The lowest BCUT2D eigenvalue weighted by atomic mass is 10.1.